The summed E-state index contributed by atoms with van der Waals surface area (Å²) in [6.07, 6.45) is 5.68. The van der Waals surface area contributed by atoms with Crippen LogP contribution in [-0.2, 0) is 4.79 Å². The van der Waals surface area contributed by atoms with Gasteiger partial charge in [-0.25, -0.2) is 0 Å². The molecule has 0 bridgehead atoms. The summed E-state index contributed by atoms with van der Waals surface area (Å²) in [5, 5.41) is 0. The van der Waals surface area contributed by atoms with E-state index in [0.29, 0.717) is 0 Å². The van der Waals surface area contributed by atoms with Crippen LogP contribution in [0, 0.1) is 5.92 Å². The predicted molar refractivity (Wildman–Crippen MR) is 76.8 cm³/mol. The first kappa shape index (κ1) is 13.9. The Morgan fingerprint density at radius 1 is 1.39 bits per heavy atom. The van der Waals surface area contributed by atoms with Crippen LogP contribution in [0.5, 0.6) is 0 Å². The first-order chi connectivity index (χ1) is 8.34. The average molecular weight is 268 g/mol. The molecule has 2 atom stereocenters. The number of nitrogens with zero attached hydrogens (tertiary/aromatic N) is 1. The number of β-lactam (4-membered cyclic amide) rings is 1. The molecule has 0 unspecified atom stereocenters. The lowest BCUT2D eigenvalue weighted by atomic mass is 9.86. The molecule has 2 N–H and O–H groups in total. The van der Waals surface area contributed by atoms with E-state index >= 15 is 0 Å². The van der Waals surface area contributed by atoms with Gasteiger partial charge in [0, 0.05) is 5.70 Å². The molecule has 2 aliphatic rings. The van der Waals surface area contributed by atoms with Gasteiger partial charge in [-0.05, 0) is 20.3 Å². The molecule has 0 aromatic heterocycles. The van der Waals surface area contributed by atoms with Crippen molar-refractivity contribution in [2.24, 2.45) is 11.7 Å². The van der Waals surface area contributed by atoms with Crippen LogP contribution in [0.2, 0.25) is 0 Å². The summed E-state index contributed by atoms with van der Waals surface area (Å²) in [7, 11) is 0. The molecule has 102 valence electrons. The molecule has 3 nitrogen and oxygen atoms in total. The van der Waals surface area contributed by atoms with Gasteiger partial charge in [0.05, 0.1) is 10.7 Å². The fourth-order valence-electron chi connectivity index (χ4n) is 2.90. The van der Waals surface area contributed by atoms with E-state index in [1.807, 2.05) is 0 Å². The standard InChI is InChI=1S/C14H24N2OS/c1-5-6-7-8-9-11-12(17)16-10(2)13(3,4)18-14(11,16)15/h11H,2,5-9,15H2,1,3-4H3/t11-,14-/m1/s1. The topological polar surface area (TPSA) is 46.3 Å². The van der Waals surface area contributed by atoms with Gasteiger partial charge in [-0.3, -0.25) is 15.4 Å². The first-order valence-corrected chi connectivity index (χ1v) is 7.68. The Hall–Kier alpha value is -0.480. The number of carbonyl (C=O) groups excluding carboxylic acids is 1. The Morgan fingerprint density at radius 2 is 2.06 bits per heavy atom. The van der Waals surface area contributed by atoms with Crippen molar-refractivity contribution < 1.29 is 4.79 Å². The number of thioether (sulfide) groups is 1. The molecule has 0 aliphatic carbocycles. The highest BCUT2D eigenvalue weighted by molar-refractivity contribution is 8.02. The minimum atomic E-state index is -0.524. The van der Waals surface area contributed by atoms with Crippen LogP contribution >= 0.6 is 11.8 Å². The maximum atomic E-state index is 12.2. The van der Waals surface area contributed by atoms with E-state index in [1.54, 1.807) is 16.7 Å². The first-order valence-electron chi connectivity index (χ1n) is 6.87. The second-order valence-electron chi connectivity index (χ2n) is 5.89. The number of hydrogen-bond donors (Lipinski definition) is 1. The SMILES string of the molecule is C=C1N2C(=O)[C@@H](CCCCCC)[C@]2(N)SC1(C)C. The maximum absolute atomic E-state index is 12.2. The molecule has 0 spiro atoms. The summed E-state index contributed by atoms with van der Waals surface area (Å²) < 4.78 is -0.122. The third-order valence-corrected chi connectivity index (χ3v) is 5.64. The maximum Gasteiger partial charge on any atom is 0.236 e. The second kappa shape index (κ2) is 4.57. The molecule has 0 aromatic rings. The predicted octanol–water partition coefficient (Wildman–Crippen LogP) is 3.07. The van der Waals surface area contributed by atoms with Crippen molar-refractivity contribution in [2.45, 2.75) is 62.6 Å². The van der Waals surface area contributed by atoms with Gasteiger partial charge in [0.15, 0.2) is 4.99 Å². The van der Waals surface area contributed by atoms with Crippen molar-refractivity contribution in [2.75, 3.05) is 0 Å². The van der Waals surface area contributed by atoms with E-state index in [-0.39, 0.29) is 16.6 Å². The summed E-state index contributed by atoms with van der Waals surface area (Å²) in [6.45, 7) is 10.4. The highest BCUT2D eigenvalue weighted by atomic mass is 32.2. The molecule has 0 aromatic carbocycles. The number of amides is 1. The molecule has 2 heterocycles. The lowest BCUT2D eigenvalue weighted by Crippen LogP contribution is -2.70. The van der Waals surface area contributed by atoms with Crippen molar-refractivity contribution in [1.82, 2.24) is 4.90 Å². The molecule has 4 heteroatoms. The monoisotopic (exact) mass is 268 g/mol. The van der Waals surface area contributed by atoms with Gasteiger partial charge >= 0.3 is 0 Å². The zero-order chi connectivity index (χ0) is 13.6. The van der Waals surface area contributed by atoms with Crippen molar-refractivity contribution in [3.05, 3.63) is 12.3 Å². The van der Waals surface area contributed by atoms with Crippen molar-refractivity contribution in [1.29, 1.82) is 0 Å². The van der Waals surface area contributed by atoms with Crippen molar-refractivity contribution in [3.63, 3.8) is 0 Å². The number of unbranched alkanes of at least 4 members (excludes halogenated alkanes) is 3. The van der Waals surface area contributed by atoms with Crippen LogP contribution in [0.25, 0.3) is 0 Å². The number of rotatable bonds is 5. The number of fused-ring (bicyclic) bond motifs is 1. The summed E-state index contributed by atoms with van der Waals surface area (Å²) in [5.74, 6) is 0.162. The molecule has 2 saturated heterocycles. The zero-order valence-electron chi connectivity index (χ0n) is 11.7. The van der Waals surface area contributed by atoms with E-state index in [4.69, 9.17) is 5.73 Å². The van der Waals surface area contributed by atoms with Gasteiger partial charge in [0.2, 0.25) is 5.91 Å². The third-order valence-electron chi connectivity index (χ3n) is 4.10. The second-order valence-corrected chi connectivity index (χ2v) is 7.77. The summed E-state index contributed by atoms with van der Waals surface area (Å²) in [4.78, 5) is 13.4. The summed E-state index contributed by atoms with van der Waals surface area (Å²) in [6, 6.07) is 0. The molecule has 2 aliphatic heterocycles. The van der Waals surface area contributed by atoms with E-state index in [2.05, 4.69) is 27.4 Å². The van der Waals surface area contributed by atoms with E-state index in [0.717, 1.165) is 18.5 Å². The fraction of sp³-hybridized carbons (Fsp3) is 0.786. The lowest BCUT2D eigenvalue weighted by molar-refractivity contribution is -0.154. The zero-order valence-corrected chi connectivity index (χ0v) is 12.5. The van der Waals surface area contributed by atoms with Gasteiger partial charge in [0.25, 0.3) is 0 Å². The normalized spacial score (nSPS) is 33.6. The minimum Gasteiger partial charge on any atom is -0.299 e. The van der Waals surface area contributed by atoms with Gasteiger partial charge < -0.3 is 0 Å². The van der Waals surface area contributed by atoms with Gasteiger partial charge in [-0.1, -0.05) is 39.2 Å². The quantitative estimate of drug-likeness (QED) is 0.616. The highest BCUT2D eigenvalue weighted by Crippen LogP contribution is 2.60. The summed E-state index contributed by atoms with van der Waals surface area (Å²) in [5.41, 5.74) is 7.30. The Kier molecular flexibility index (Phi) is 3.54. The van der Waals surface area contributed by atoms with Crippen LogP contribution in [0.3, 0.4) is 0 Å². The third kappa shape index (κ3) is 1.90. The average Bonchev–Trinajstić information content (AvgIpc) is 2.43. The van der Waals surface area contributed by atoms with Crippen LogP contribution in [-0.4, -0.2) is 20.5 Å². The van der Waals surface area contributed by atoms with E-state index < -0.39 is 4.99 Å². The molecule has 1 amide bonds. The van der Waals surface area contributed by atoms with Gasteiger partial charge in [-0.2, -0.15) is 0 Å². The van der Waals surface area contributed by atoms with Crippen LogP contribution in [0.1, 0.15) is 52.9 Å². The van der Waals surface area contributed by atoms with E-state index in [9.17, 15) is 4.79 Å². The van der Waals surface area contributed by atoms with Gasteiger partial charge in [0.1, 0.15) is 0 Å². The molecular weight excluding hydrogens is 244 g/mol. The number of nitrogens with two attached hydrogens (primary N) is 1. The van der Waals surface area contributed by atoms with Crippen LogP contribution in [0.4, 0.5) is 0 Å². The fourth-order valence-corrected chi connectivity index (χ4v) is 4.58. The van der Waals surface area contributed by atoms with Crippen LogP contribution in [0.15, 0.2) is 12.3 Å². The molecule has 2 fully saturated rings. The van der Waals surface area contributed by atoms with E-state index in [1.165, 1.54) is 19.3 Å². The number of carbonyl (C=O) groups is 1. The van der Waals surface area contributed by atoms with Gasteiger partial charge in [-0.15, -0.1) is 11.8 Å². The van der Waals surface area contributed by atoms with Crippen molar-refractivity contribution in [3.8, 4) is 0 Å². The highest BCUT2D eigenvalue weighted by Gasteiger charge is 2.66. The lowest BCUT2D eigenvalue weighted by Gasteiger charge is -2.50. The van der Waals surface area contributed by atoms with Crippen LogP contribution < -0.4 is 5.73 Å². The molecule has 2 rings (SSSR count). The molecule has 18 heavy (non-hydrogen) atoms. The Morgan fingerprint density at radius 3 is 2.67 bits per heavy atom. The molecular formula is C14H24N2OS. The largest absolute Gasteiger partial charge is 0.299 e. The molecule has 0 radical (unpaired) electrons. The minimum absolute atomic E-state index is 0.0159. The Balaban J connectivity index is 2.00. The Labute approximate surface area is 114 Å². The number of hydrogen-bond acceptors (Lipinski definition) is 3. The summed E-state index contributed by atoms with van der Waals surface area (Å²) >= 11 is 1.69. The Bertz CT molecular complexity index is 380. The van der Waals surface area contributed by atoms with Crippen molar-refractivity contribution >= 4 is 17.7 Å². The smallest absolute Gasteiger partial charge is 0.236 e. The molecule has 0 saturated carbocycles.